The van der Waals surface area contributed by atoms with Gasteiger partial charge in [-0.1, -0.05) is 20.8 Å². The van der Waals surface area contributed by atoms with E-state index in [0.717, 1.165) is 23.8 Å². The van der Waals surface area contributed by atoms with Crippen LogP contribution in [0.4, 0.5) is 0 Å². The van der Waals surface area contributed by atoms with Crippen molar-refractivity contribution in [1.82, 2.24) is 10.2 Å². The summed E-state index contributed by atoms with van der Waals surface area (Å²) >= 11 is 0. The first-order valence-corrected chi connectivity index (χ1v) is 8.15. The van der Waals surface area contributed by atoms with Gasteiger partial charge in [0.2, 0.25) is 0 Å². The number of nitrogens with one attached hydrogen (secondary N) is 1. The van der Waals surface area contributed by atoms with Crippen LogP contribution in [0.15, 0.2) is 0 Å². The number of hydrogen-bond donors (Lipinski definition) is 1. The van der Waals surface area contributed by atoms with E-state index in [1.807, 2.05) is 0 Å². The zero-order valence-corrected chi connectivity index (χ0v) is 12.6. The molecule has 0 aromatic rings. The van der Waals surface area contributed by atoms with Gasteiger partial charge in [-0.2, -0.15) is 0 Å². The summed E-state index contributed by atoms with van der Waals surface area (Å²) in [7, 11) is 0. The maximum Gasteiger partial charge on any atom is 0.00980 e. The van der Waals surface area contributed by atoms with Crippen molar-refractivity contribution in [2.24, 2.45) is 17.8 Å². The summed E-state index contributed by atoms with van der Waals surface area (Å²) in [5.41, 5.74) is 0. The van der Waals surface area contributed by atoms with Crippen molar-refractivity contribution in [3.8, 4) is 0 Å². The van der Waals surface area contributed by atoms with Crippen LogP contribution in [0, 0.1) is 17.8 Å². The normalized spacial score (nSPS) is 38.0. The van der Waals surface area contributed by atoms with Crippen molar-refractivity contribution < 1.29 is 0 Å². The third-order valence-corrected chi connectivity index (χ3v) is 5.38. The fraction of sp³-hybridized carbons (Fsp3) is 1.00. The second kappa shape index (κ2) is 6.91. The Kier molecular flexibility index (Phi) is 5.50. The molecule has 2 heteroatoms. The van der Waals surface area contributed by atoms with Gasteiger partial charge in [0.15, 0.2) is 0 Å². The molecule has 0 amide bonds. The maximum atomic E-state index is 3.56. The lowest BCUT2D eigenvalue weighted by atomic mass is 9.78. The summed E-state index contributed by atoms with van der Waals surface area (Å²) in [6.45, 7) is 12.3. The highest BCUT2D eigenvalue weighted by Gasteiger charge is 2.29. The van der Waals surface area contributed by atoms with Gasteiger partial charge in [-0.25, -0.2) is 0 Å². The molecule has 0 radical (unpaired) electrons. The molecular formula is C16H32N2. The minimum atomic E-state index is 0.864. The zero-order chi connectivity index (χ0) is 13.0. The standard InChI is InChI=1S/C16H32N2/c1-4-18(12-15-6-5-9-17-11-15)16-8-7-13(2)14(3)10-16/h13-17H,4-12H2,1-3H3. The monoisotopic (exact) mass is 252 g/mol. The molecule has 18 heavy (non-hydrogen) atoms. The summed E-state index contributed by atoms with van der Waals surface area (Å²) in [6, 6.07) is 0.864. The average molecular weight is 252 g/mol. The van der Waals surface area contributed by atoms with E-state index in [-0.39, 0.29) is 0 Å². The Balaban J connectivity index is 1.83. The van der Waals surface area contributed by atoms with Gasteiger partial charge in [0.1, 0.15) is 0 Å². The van der Waals surface area contributed by atoms with Crippen molar-refractivity contribution in [3.05, 3.63) is 0 Å². The summed E-state index contributed by atoms with van der Waals surface area (Å²) < 4.78 is 0. The van der Waals surface area contributed by atoms with Crippen molar-refractivity contribution in [3.63, 3.8) is 0 Å². The maximum absolute atomic E-state index is 3.56. The van der Waals surface area contributed by atoms with E-state index in [1.165, 1.54) is 58.3 Å². The average Bonchev–Trinajstić information content (AvgIpc) is 2.40. The van der Waals surface area contributed by atoms with E-state index in [9.17, 15) is 0 Å². The minimum Gasteiger partial charge on any atom is -0.316 e. The molecule has 0 aromatic heterocycles. The number of rotatable bonds is 4. The Bertz CT molecular complexity index is 235. The molecule has 2 nitrogen and oxygen atoms in total. The second-order valence-corrected chi connectivity index (χ2v) is 6.72. The molecule has 1 N–H and O–H groups in total. The molecule has 0 aromatic carbocycles. The lowest BCUT2D eigenvalue weighted by molar-refractivity contribution is 0.0935. The van der Waals surface area contributed by atoms with E-state index in [4.69, 9.17) is 0 Å². The van der Waals surface area contributed by atoms with Crippen LogP contribution in [0.5, 0.6) is 0 Å². The zero-order valence-electron chi connectivity index (χ0n) is 12.6. The van der Waals surface area contributed by atoms with Crippen LogP contribution in [0.3, 0.4) is 0 Å². The molecule has 2 rings (SSSR count). The van der Waals surface area contributed by atoms with Gasteiger partial charge < -0.3 is 10.2 Å². The minimum absolute atomic E-state index is 0.864. The quantitative estimate of drug-likeness (QED) is 0.827. The smallest absolute Gasteiger partial charge is 0.00980 e. The molecule has 106 valence electrons. The molecule has 0 spiro atoms. The molecule has 1 heterocycles. The summed E-state index contributed by atoms with van der Waals surface area (Å²) in [5.74, 6) is 2.76. The van der Waals surface area contributed by atoms with Gasteiger partial charge in [-0.15, -0.1) is 0 Å². The molecular weight excluding hydrogens is 220 g/mol. The lowest BCUT2D eigenvalue weighted by Gasteiger charge is -2.40. The summed E-state index contributed by atoms with van der Waals surface area (Å²) in [5, 5.41) is 3.56. The predicted molar refractivity (Wildman–Crippen MR) is 78.8 cm³/mol. The molecule has 1 aliphatic heterocycles. The van der Waals surface area contributed by atoms with Gasteiger partial charge in [0.05, 0.1) is 0 Å². The van der Waals surface area contributed by atoms with Gasteiger partial charge in [-0.05, 0) is 69.5 Å². The Morgan fingerprint density at radius 1 is 1.11 bits per heavy atom. The predicted octanol–water partition coefficient (Wildman–Crippen LogP) is 3.13. The first kappa shape index (κ1) is 14.3. The van der Waals surface area contributed by atoms with Gasteiger partial charge in [0, 0.05) is 12.6 Å². The van der Waals surface area contributed by atoms with Crippen LogP contribution in [0.1, 0.15) is 52.9 Å². The van der Waals surface area contributed by atoms with Crippen molar-refractivity contribution in [1.29, 1.82) is 0 Å². The number of piperidine rings is 1. The SMILES string of the molecule is CCN(CC1CCCNC1)C1CCC(C)C(C)C1. The largest absolute Gasteiger partial charge is 0.316 e. The Morgan fingerprint density at radius 3 is 2.56 bits per heavy atom. The van der Waals surface area contributed by atoms with Crippen LogP contribution in [-0.4, -0.2) is 37.1 Å². The Morgan fingerprint density at radius 2 is 1.94 bits per heavy atom. The van der Waals surface area contributed by atoms with Crippen LogP contribution < -0.4 is 5.32 Å². The van der Waals surface area contributed by atoms with E-state index >= 15 is 0 Å². The Labute approximate surface area is 114 Å². The van der Waals surface area contributed by atoms with Crippen LogP contribution >= 0.6 is 0 Å². The molecule has 4 unspecified atom stereocenters. The van der Waals surface area contributed by atoms with E-state index in [0.29, 0.717) is 0 Å². The first-order chi connectivity index (χ1) is 8.70. The third-order valence-electron chi connectivity index (χ3n) is 5.38. The van der Waals surface area contributed by atoms with E-state index < -0.39 is 0 Å². The fourth-order valence-corrected chi connectivity index (χ4v) is 3.80. The molecule has 2 aliphatic rings. The van der Waals surface area contributed by atoms with Crippen molar-refractivity contribution in [2.45, 2.75) is 58.9 Å². The van der Waals surface area contributed by atoms with Crippen LogP contribution in [-0.2, 0) is 0 Å². The van der Waals surface area contributed by atoms with Crippen LogP contribution in [0.25, 0.3) is 0 Å². The topological polar surface area (TPSA) is 15.3 Å². The molecule has 4 atom stereocenters. The number of nitrogens with zero attached hydrogens (tertiary/aromatic N) is 1. The highest BCUT2D eigenvalue weighted by Crippen LogP contribution is 2.32. The summed E-state index contributed by atoms with van der Waals surface area (Å²) in [6.07, 6.45) is 7.10. The van der Waals surface area contributed by atoms with E-state index in [2.05, 4.69) is 31.0 Å². The lowest BCUT2D eigenvalue weighted by Crippen LogP contribution is -2.45. The highest BCUT2D eigenvalue weighted by molar-refractivity contribution is 4.83. The summed E-state index contributed by atoms with van der Waals surface area (Å²) in [4.78, 5) is 2.78. The highest BCUT2D eigenvalue weighted by atomic mass is 15.2. The third kappa shape index (κ3) is 3.71. The number of hydrogen-bond acceptors (Lipinski definition) is 2. The molecule has 1 aliphatic carbocycles. The van der Waals surface area contributed by atoms with Crippen molar-refractivity contribution >= 4 is 0 Å². The Hall–Kier alpha value is -0.0800. The van der Waals surface area contributed by atoms with Crippen LogP contribution in [0.2, 0.25) is 0 Å². The molecule has 1 saturated carbocycles. The molecule has 2 fully saturated rings. The van der Waals surface area contributed by atoms with E-state index in [1.54, 1.807) is 0 Å². The second-order valence-electron chi connectivity index (χ2n) is 6.72. The fourth-order valence-electron chi connectivity index (χ4n) is 3.80. The van der Waals surface area contributed by atoms with Gasteiger partial charge >= 0.3 is 0 Å². The van der Waals surface area contributed by atoms with Gasteiger partial charge in [-0.3, -0.25) is 0 Å². The molecule has 1 saturated heterocycles. The molecule has 0 bridgehead atoms. The van der Waals surface area contributed by atoms with Gasteiger partial charge in [0.25, 0.3) is 0 Å². The first-order valence-electron chi connectivity index (χ1n) is 8.15. The van der Waals surface area contributed by atoms with Crippen molar-refractivity contribution in [2.75, 3.05) is 26.2 Å².